The average Bonchev–Trinajstić information content (AvgIpc) is 2.60. The number of sulfonamides is 1. The van der Waals surface area contributed by atoms with Gasteiger partial charge in [-0.3, -0.25) is 14.3 Å². The van der Waals surface area contributed by atoms with Crippen LogP contribution in [0.5, 0.6) is 0 Å². The molecule has 9 heteroatoms. The molecule has 4 N–H and O–H groups in total. The number of rotatable bonds is 8. The first kappa shape index (κ1) is 21.4. The van der Waals surface area contributed by atoms with Gasteiger partial charge in [0, 0.05) is 12.1 Å². The van der Waals surface area contributed by atoms with E-state index in [2.05, 4.69) is 10.0 Å². The van der Waals surface area contributed by atoms with Crippen molar-refractivity contribution >= 4 is 27.5 Å². The minimum absolute atomic E-state index is 0.00570. The molecule has 0 bridgehead atoms. The predicted molar refractivity (Wildman–Crippen MR) is 105 cm³/mol. The number of nitrogens with two attached hydrogens (primary N) is 1. The smallest absolute Gasteiger partial charge is 0.251 e. The highest BCUT2D eigenvalue weighted by atomic mass is 32.2. The molecule has 0 aliphatic heterocycles. The Morgan fingerprint density at radius 1 is 1.14 bits per heavy atom. The van der Waals surface area contributed by atoms with E-state index in [4.69, 9.17) is 5.73 Å². The quantitative estimate of drug-likeness (QED) is 0.616. The van der Waals surface area contributed by atoms with Crippen molar-refractivity contribution in [3.05, 3.63) is 65.0 Å². The van der Waals surface area contributed by atoms with Gasteiger partial charge in [0.25, 0.3) is 5.91 Å². The zero-order chi connectivity index (χ0) is 20.9. The summed E-state index contributed by atoms with van der Waals surface area (Å²) < 4.78 is 38.2. The fraction of sp³-hybridized carbons (Fsp3) is 0.263. The third kappa shape index (κ3) is 6.34. The Morgan fingerprint density at radius 2 is 1.79 bits per heavy atom. The number of carbonyl (C=O) groups is 2. The first-order chi connectivity index (χ1) is 13.0. The van der Waals surface area contributed by atoms with Crippen molar-refractivity contribution in [2.75, 3.05) is 17.5 Å². The molecule has 2 amide bonds. The number of benzene rings is 2. The molecule has 0 spiro atoms. The van der Waals surface area contributed by atoms with Gasteiger partial charge in [-0.1, -0.05) is 18.2 Å². The van der Waals surface area contributed by atoms with Gasteiger partial charge in [-0.05, 0) is 48.7 Å². The minimum Gasteiger partial charge on any atom is -0.369 e. The maximum Gasteiger partial charge on any atom is 0.251 e. The standard InChI is InChI=1S/C19H22FN3O4S/c1-12-3-6-14(10-17(12)23-28(2,26)27)19(25)22-11-15(18(21)24)9-13-4-7-16(20)8-5-13/h3-8,10,15,23H,9,11H2,1-2H3,(H2,21,24)(H,22,25). The van der Waals surface area contributed by atoms with Crippen molar-refractivity contribution in [2.24, 2.45) is 11.7 Å². The van der Waals surface area contributed by atoms with Gasteiger partial charge in [-0.15, -0.1) is 0 Å². The molecule has 0 heterocycles. The summed E-state index contributed by atoms with van der Waals surface area (Å²) in [5.41, 5.74) is 7.33. The van der Waals surface area contributed by atoms with E-state index in [9.17, 15) is 22.4 Å². The molecule has 0 aromatic heterocycles. The molecule has 0 saturated heterocycles. The molecule has 28 heavy (non-hydrogen) atoms. The van der Waals surface area contributed by atoms with Crippen molar-refractivity contribution < 1.29 is 22.4 Å². The molecule has 1 unspecified atom stereocenters. The lowest BCUT2D eigenvalue weighted by Gasteiger charge is -2.15. The van der Waals surface area contributed by atoms with Crippen LogP contribution in [0.1, 0.15) is 21.5 Å². The lowest BCUT2D eigenvalue weighted by molar-refractivity contribution is -0.121. The van der Waals surface area contributed by atoms with Gasteiger partial charge in [0.2, 0.25) is 15.9 Å². The van der Waals surface area contributed by atoms with Crippen molar-refractivity contribution in [2.45, 2.75) is 13.3 Å². The van der Waals surface area contributed by atoms with Gasteiger partial charge in [0.15, 0.2) is 0 Å². The van der Waals surface area contributed by atoms with Crippen LogP contribution in [0.15, 0.2) is 42.5 Å². The SMILES string of the molecule is Cc1ccc(C(=O)NCC(Cc2ccc(F)cc2)C(N)=O)cc1NS(C)(=O)=O. The molecule has 2 aromatic rings. The number of nitrogens with one attached hydrogen (secondary N) is 2. The van der Waals surface area contributed by atoms with Crippen molar-refractivity contribution in [1.82, 2.24) is 5.32 Å². The normalized spacial score (nSPS) is 12.2. The lowest BCUT2D eigenvalue weighted by Crippen LogP contribution is -2.37. The number of primary amides is 1. The van der Waals surface area contributed by atoms with E-state index >= 15 is 0 Å². The van der Waals surface area contributed by atoms with Crippen molar-refractivity contribution in [3.63, 3.8) is 0 Å². The summed E-state index contributed by atoms with van der Waals surface area (Å²) in [6, 6.07) is 10.3. The molecule has 7 nitrogen and oxygen atoms in total. The third-order valence-electron chi connectivity index (χ3n) is 4.10. The van der Waals surface area contributed by atoms with Crippen LogP contribution in [0.4, 0.5) is 10.1 Å². The van der Waals surface area contributed by atoms with Gasteiger partial charge < -0.3 is 11.1 Å². The minimum atomic E-state index is -3.49. The second kappa shape index (κ2) is 8.83. The summed E-state index contributed by atoms with van der Waals surface area (Å²) in [4.78, 5) is 24.1. The van der Waals surface area contributed by atoms with Gasteiger partial charge >= 0.3 is 0 Å². The van der Waals surface area contributed by atoms with Crippen LogP contribution < -0.4 is 15.8 Å². The fourth-order valence-corrected chi connectivity index (χ4v) is 3.19. The van der Waals surface area contributed by atoms with Crippen LogP contribution >= 0.6 is 0 Å². The predicted octanol–water partition coefficient (Wildman–Crippen LogP) is 1.58. The Kier molecular flexibility index (Phi) is 6.74. The van der Waals surface area contributed by atoms with E-state index in [1.165, 1.54) is 18.2 Å². The molecule has 0 radical (unpaired) electrons. The van der Waals surface area contributed by atoms with E-state index in [0.29, 0.717) is 11.3 Å². The van der Waals surface area contributed by atoms with E-state index in [-0.39, 0.29) is 24.3 Å². The van der Waals surface area contributed by atoms with Crippen LogP contribution in [-0.2, 0) is 21.2 Å². The zero-order valence-electron chi connectivity index (χ0n) is 15.5. The summed E-state index contributed by atoms with van der Waals surface area (Å²) in [6.45, 7) is 1.70. The van der Waals surface area contributed by atoms with Crippen molar-refractivity contribution in [3.8, 4) is 0 Å². The van der Waals surface area contributed by atoms with Crippen LogP contribution in [0.25, 0.3) is 0 Å². The molecule has 0 fully saturated rings. The molecular weight excluding hydrogens is 385 g/mol. The number of hydrogen-bond acceptors (Lipinski definition) is 4. The average molecular weight is 407 g/mol. The highest BCUT2D eigenvalue weighted by Gasteiger charge is 2.18. The maximum absolute atomic E-state index is 13.0. The largest absolute Gasteiger partial charge is 0.369 e. The van der Waals surface area contributed by atoms with E-state index in [0.717, 1.165) is 11.8 Å². The third-order valence-corrected chi connectivity index (χ3v) is 4.69. The first-order valence-electron chi connectivity index (χ1n) is 8.45. The van der Waals surface area contributed by atoms with Gasteiger partial charge in [0.1, 0.15) is 5.82 Å². The first-order valence-corrected chi connectivity index (χ1v) is 10.3. The molecule has 0 aliphatic rings. The summed E-state index contributed by atoms with van der Waals surface area (Å²) in [5, 5.41) is 2.63. The van der Waals surface area contributed by atoms with Crippen LogP contribution in [-0.4, -0.2) is 33.0 Å². The van der Waals surface area contributed by atoms with Crippen molar-refractivity contribution in [1.29, 1.82) is 0 Å². The van der Waals surface area contributed by atoms with Gasteiger partial charge in [-0.2, -0.15) is 0 Å². The fourth-order valence-electron chi connectivity index (χ4n) is 2.57. The Morgan fingerprint density at radius 3 is 2.36 bits per heavy atom. The van der Waals surface area contributed by atoms with E-state index in [1.54, 1.807) is 31.2 Å². The monoisotopic (exact) mass is 407 g/mol. The molecule has 0 aliphatic carbocycles. The highest BCUT2D eigenvalue weighted by Crippen LogP contribution is 2.18. The lowest BCUT2D eigenvalue weighted by atomic mass is 9.98. The Labute approximate surface area is 163 Å². The number of halogens is 1. The molecule has 0 saturated carbocycles. The molecule has 2 rings (SSSR count). The molecule has 2 aromatic carbocycles. The second-order valence-electron chi connectivity index (χ2n) is 6.54. The Bertz CT molecular complexity index is 975. The number of amides is 2. The number of anilines is 1. The number of aryl methyl sites for hydroxylation is 1. The Hall–Kier alpha value is -2.94. The van der Waals surface area contributed by atoms with Gasteiger partial charge in [-0.25, -0.2) is 12.8 Å². The summed E-state index contributed by atoms with van der Waals surface area (Å²) in [6.07, 6.45) is 1.27. The maximum atomic E-state index is 13.0. The zero-order valence-corrected chi connectivity index (χ0v) is 16.3. The molecule has 1 atom stereocenters. The number of carbonyl (C=O) groups excluding carboxylic acids is 2. The van der Waals surface area contributed by atoms with Crippen LogP contribution in [0.3, 0.4) is 0 Å². The summed E-state index contributed by atoms with van der Waals surface area (Å²) >= 11 is 0. The van der Waals surface area contributed by atoms with Crippen LogP contribution in [0.2, 0.25) is 0 Å². The number of hydrogen-bond donors (Lipinski definition) is 3. The summed E-state index contributed by atoms with van der Waals surface area (Å²) in [7, 11) is -3.49. The van der Waals surface area contributed by atoms with E-state index < -0.39 is 27.8 Å². The second-order valence-corrected chi connectivity index (χ2v) is 8.29. The van der Waals surface area contributed by atoms with E-state index in [1.807, 2.05) is 0 Å². The van der Waals surface area contributed by atoms with Crippen LogP contribution in [0, 0.1) is 18.7 Å². The highest BCUT2D eigenvalue weighted by molar-refractivity contribution is 7.92. The molecular formula is C19H22FN3O4S. The topological polar surface area (TPSA) is 118 Å². The van der Waals surface area contributed by atoms with Gasteiger partial charge in [0.05, 0.1) is 17.9 Å². The molecule has 150 valence electrons. The summed E-state index contributed by atoms with van der Waals surface area (Å²) in [5.74, 6) is -2.12. The Balaban J connectivity index is 2.07.